The van der Waals surface area contributed by atoms with Crippen molar-refractivity contribution in [1.29, 1.82) is 0 Å². The van der Waals surface area contributed by atoms with E-state index in [-0.39, 0.29) is 5.41 Å². The van der Waals surface area contributed by atoms with Crippen LogP contribution in [0.15, 0.2) is 0 Å². The summed E-state index contributed by atoms with van der Waals surface area (Å²) in [5.74, 6) is 0.664. The fraction of sp³-hybridized carbons (Fsp3) is 1.00. The maximum atomic E-state index is 9.03. The van der Waals surface area contributed by atoms with Crippen molar-refractivity contribution in [2.24, 2.45) is 11.3 Å². The third-order valence-corrected chi connectivity index (χ3v) is 2.50. The molecule has 10 heavy (non-hydrogen) atoms. The number of hydrogen-bond donors (Lipinski definition) is 1. The lowest BCUT2D eigenvalue weighted by atomic mass is 9.76. The Kier molecular flexibility index (Phi) is 3.95. The van der Waals surface area contributed by atoms with Crippen LogP contribution in [-0.4, -0.2) is 11.7 Å². The van der Waals surface area contributed by atoms with Gasteiger partial charge in [-0.2, -0.15) is 0 Å². The van der Waals surface area contributed by atoms with Gasteiger partial charge in [-0.1, -0.05) is 40.5 Å². The molecule has 0 aromatic heterocycles. The lowest BCUT2D eigenvalue weighted by Crippen LogP contribution is -2.26. The second-order valence-corrected chi connectivity index (χ2v) is 3.66. The van der Waals surface area contributed by atoms with Crippen molar-refractivity contribution in [2.75, 3.05) is 6.61 Å². The van der Waals surface area contributed by atoms with E-state index >= 15 is 0 Å². The first-order valence-electron chi connectivity index (χ1n) is 4.19. The van der Waals surface area contributed by atoms with Crippen LogP contribution in [0.2, 0.25) is 0 Å². The first kappa shape index (κ1) is 9.96. The molecule has 0 heterocycles. The van der Waals surface area contributed by atoms with Crippen LogP contribution in [0.4, 0.5) is 0 Å². The normalized spacial score (nSPS) is 12.6. The Morgan fingerprint density at radius 2 is 1.60 bits per heavy atom. The molecule has 0 aliphatic rings. The summed E-state index contributed by atoms with van der Waals surface area (Å²) in [5.41, 5.74) is 0.115. The van der Waals surface area contributed by atoms with Crippen molar-refractivity contribution in [2.45, 2.75) is 40.5 Å². The van der Waals surface area contributed by atoms with E-state index in [0.717, 1.165) is 0 Å². The molecular formula is C9H20O. The zero-order valence-corrected chi connectivity index (χ0v) is 7.65. The van der Waals surface area contributed by atoms with Crippen LogP contribution in [-0.2, 0) is 0 Å². The van der Waals surface area contributed by atoms with E-state index in [1.165, 1.54) is 12.8 Å². The molecule has 1 N–H and O–H groups in total. The molecule has 0 unspecified atom stereocenters. The van der Waals surface area contributed by atoms with Crippen LogP contribution < -0.4 is 0 Å². The van der Waals surface area contributed by atoms with Crippen molar-refractivity contribution in [3.05, 3.63) is 0 Å². The molecule has 0 atom stereocenters. The molecule has 62 valence electrons. The zero-order valence-electron chi connectivity index (χ0n) is 7.65. The minimum absolute atomic E-state index is 0.115. The summed E-state index contributed by atoms with van der Waals surface area (Å²) in [7, 11) is 0. The van der Waals surface area contributed by atoms with Crippen LogP contribution in [0.1, 0.15) is 40.5 Å². The summed E-state index contributed by atoms with van der Waals surface area (Å²) < 4.78 is 0. The molecule has 0 saturated carbocycles. The number of hydrogen-bond acceptors (Lipinski definition) is 1. The van der Waals surface area contributed by atoms with Gasteiger partial charge in [0.15, 0.2) is 0 Å². The van der Waals surface area contributed by atoms with Crippen LogP contribution in [0.5, 0.6) is 0 Å². The molecule has 1 heteroatoms. The Morgan fingerprint density at radius 1 is 1.20 bits per heavy atom. The van der Waals surface area contributed by atoms with Gasteiger partial charge in [-0.05, 0) is 11.3 Å². The van der Waals surface area contributed by atoms with Gasteiger partial charge in [0.05, 0.1) is 0 Å². The van der Waals surface area contributed by atoms with Gasteiger partial charge in [-0.25, -0.2) is 0 Å². The van der Waals surface area contributed by atoms with Crippen molar-refractivity contribution in [1.82, 2.24) is 0 Å². The van der Waals surface area contributed by atoms with Crippen LogP contribution in [0, 0.1) is 11.3 Å². The summed E-state index contributed by atoms with van der Waals surface area (Å²) in [6.07, 6.45) is 2.34. The van der Waals surface area contributed by atoms with E-state index in [9.17, 15) is 0 Å². The van der Waals surface area contributed by atoms with Crippen LogP contribution >= 0.6 is 0 Å². The molecule has 0 amide bonds. The summed E-state index contributed by atoms with van der Waals surface area (Å²) in [6, 6.07) is 0. The van der Waals surface area contributed by atoms with Crippen molar-refractivity contribution in [3.8, 4) is 0 Å². The van der Waals surface area contributed by atoms with Gasteiger partial charge in [0.2, 0.25) is 0 Å². The van der Waals surface area contributed by atoms with Gasteiger partial charge in [-0.15, -0.1) is 0 Å². The number of aliphatic hydroxyl groups excluding tert-OH is 1. The maximum Gasteiger partial charge on any atom is 0.0484 e. The van der Waals surface area contributed by atoms with Gasteiger partial charge in [0.1, 0.15) is 0 Å². The zero-order chi connectivity index (χ0) is 8.20. The average Bonchev–Trinajstić information content (AvgIpc) is 1.90. The van der Waals surface area contributed by atoms with E-state index < -0.39 is 0 Å². The molecule has 0 rings (SSSR count). The lowest BCUT2D eigenvalue weighted by molar-refractivity contribution is 0.0910. The Balaban J connectivity index is 3.97. The van der Waals surface area contributed by atoms with E-state index in [4.69, 9.17) is 5.11 Å². The standard InChI is InChI=1S/C9H20O/c1-5-8(6-2)9(3,4)7-10/h8,10H,5-7H2,1-4H3. The molecule has 1 nitrogen and oxygen atoms in total. The third-order valence-electron chi connectivity index (χ3n) is 2.50. The van der Waals surface area contributed by atoms with Gasteiger partial charge >= 0.3 is 0 Å². The molecular weight excluding hydrogens is 124 g/mol. The smallest absolute Gasteiger partial charge is 0.0484 e. The molecule has 0 aromatic rings. The second kappa shape index (κ2) is 3.97. The molecule has 0 aliphatic carbocycles. The molecule has 0 fully saturated rings. The first-order valence-corrected chi connectivity index (χ1v) is 4.19. The van der Waals surface area contributed by atoms with E-state index in [1.807, 2.05) is 0 Å². The minimum atomic E-state index is 0.115. The molecule has 0 aromatic carbocycles. The molecule has 0 radical (unpaired) electrons. The highest BCUT2D eigenvalue weighted by atomic mass is 16.3. The van der Waals surface area contributed by atoms with Gasteiger partial charge in [0.25, 0.3) is 0 Å². The van der Waals surface area contributed by atoms with Gasteiger partial charge in [0, 0.05) is 6.61 Å². The topological polar surface area (TPSA) is 20.2 Å². The summed E-state index contributed by atoms with van der Waals surface area (Å²) >= 11 is 0. The monoisotopic (exact) mass is 144 g/mol. The highest BCUT2D eigenvalue weighted by Gasteiger charge is 2.25. The highest BCUT2D eigenvalue weighted by Crippen LogP contribution is 2.30. The highest BCUT2D eigenvalue weighted by molar-refractivity contribution is 4.75. The van der Waals surface area contributed by atoms with Crippen molar-refractivity contribution >= 4 is 0 Å². The second-order valence-electron chi connectivity index (χ2n) is 3.66. The van der Waals surface area contributed by atoms with Crippen molar-refractivity contribution in [3.63, 3.8) is 0 Å². The largest absolute Gasteiger partial charge is 0.396 e. The van der Waals surface area contributed by atoms with E-state index in [2.05, 4.69) is 27.7 Å². The van der Waals surface area contributed by atoms with Crippen LogP contribution in [0.3, 0.4) is 0 Å². The van der Waals surface area contributed by atoms with E-state index in [0.29, 0.717) is 12.5 Å². The average molecular weight is 144 g/mol. The molecule has 0 saturated heterocycles. The van der Waals surface area contributed by atoms with Gasteiger partial charge in [-0.3, -0.25) is 0 Å². The van der Waals surface area contributed by atoms with Crippen molar-refractivity contribution < 1.29 is 5.11 Å². The first-order chi connectivity index (χ1) is 4.58. The Hall–Kier alpha value is -0.0400. The Bertz CT molecular complexity index is 82.7. The number of aliphatic hydroxyl groups is 1. The quantitative estimate of drug-likeness (QED) is 0.642. The fourth-order valence-electron chi connectivity index (χ4n) is 1.52. The summed E-state index contributed by atoms with van der Waals surface area (Å²) in [4.78, 5) is 0. The fourth-order valence-corrected chi connectivity index (χ4v) is 1.52. The Labute approximate surface area is 64.5 Å². The minimum Gasteiger partial charge on any atom is -0.396 e. The molecule has 0 spiro atoms. The Morgan fingerprint density at radius 3 is 1.70 bits per heavy atom. The van der Waals surface area contributed by atoms with Crippen LogP contribution in [0.25, 0.3) is 0 Å². The molecule has 0 aliphatic heterocycles. The lowest BCUT2D eigenvalue weighted by Gasteiger charge is -2.30. The molecule has 0 bridgehead atoms. The number of rotatable bonds is 4. The predicted molar refractivity (Wildman–Crippen MR) is 44.9 cm³/mol. The van der Waals surface area contributed by atoms with E-state index in [1.54, 1.807) is 0 Å². The maximum absolute atomic E-state index is 9.03. The summed E-state index contributed by atoms with van der Waals surface area (Å²) in [6.45, 7) is 8.94. The predicted octanol–water partition coefficient (Wildman–Crippen LogP) is 2.44. The SMILES string of the molecule is CCC(CC)C(C)(C)CO. The third kappa shape index (κ3) is 2.30. The summed E-state index contributed by atoms with van der Waals surface area (Å²) in [5, 5.41) is 9.03. The van der Waals surface area contributed by atoms with Gasteiger partial charge < -0.3 is 5.11 Å².